The van der Waals surface area contributed by atoms with E-state index >= 15 is 0 Å². The Bertz CT molecular complexity index is 492. The highest BCUT2D eigenvalue weighted by Gasteiger charge is 2.38. The molecule has 2 N–H and O–H groups in total. The van der Waals surface area contributed by atoms with Crippen molar-refractivity contribution in [3.05, 3.63) is 42.5 Å². The molecule has 0 aliphatic heterocycles. The van der Waals surface area contributed by atoms with E-state index in [4.69, 9.17) is 5.73 Å². The van der Waals surface area contributed by atoms with Gasteiger partial charge in [0.2, 0.25) is 0 Å². The molecule has 2 aromatic rings. The molecule has 0 saturated heterocycles. The first-order chi connectivity index (χ1) is 7.98. The zero-order valence-corrected chi connectivity index (χ0v) is 8.59. The molecular weight excluding hydrogens is 233 g/mol. The fraction of sp³-hybridized carbons (Fsp3) is 0.200. The van der Waals surface area contributed by atoms with Gasteiger partial charge in [-0.25, -0.2) is 4.68 Å². The van der Waals surface area contributed by atoms with Crippen molar-refractivity contribution in [3.8, 4) is 5.69 Å². The van der Waals surface area contributed by atoms with Gasteiger partial charge in [-0.05, 0) is 12.1 Å². The third-order valence-corrected chi connectivity index (χ3v) is 2.22. The van der Waals surface area contributed by atoms with Gasteiger partial charge in [-0.2, -0.15) is 18.3 Å². The van der Waals surface area contributed by atoms with E-state index in [9.17, 15) is 13.2 Å². The molecule has 0 aliphatic rings. The van der Waals surface area contributed by atoms with Crippen LogP contribution in [0, 0.1) is 0 Å². The lowest BCUT2D eigenvalue weighted by molar-refractivity contribution is -0.149. The minimum Gasteiger partial charge on any atom is -0.316 e. The van der Waals surface area contributed by atoms with Crippen LogP contribution in [0.2, 0.25) is 0 Å². The molecule has 4 nitrogen and oxygen atoms in total. The van der Waals surface area contributed by atoms with Gasteiger partial charge >= 0.3 is 6.18 Å². The fourth-order valence-electron chi connectivity index (χ4n) is 1.32. The highest BCUT2D eigenvalue weighted by molar-refractivity contribution is 5.28. The summed E-state index contributed by atoms with van der Waals surface area (Å²) >= 11 is 0. The van der Waals surface area contributed by atoms with E-state index in [0.717, 1.165) is 6.20 Å². The maximum absolute atomic E-state index is 12.4. The van der Waals surface area contributed by atoms with Crippen LogP contribution in [0.15, 0.2) is 36.9 Å². The molecule has 0 saturated carbocycles. The third-order valence-electron chi connectivity index (χ3n) is 2.22. The minimum absolute atomic E-state index is 0.0821. The maximum Gasteiger partial charge on any atom is 0.407 e. The number of hydrogen-bond donors (Lipinski definition) is 1. The van der Waals surface area contributed by atoms with Crippen molar-refractivity contribution in [1.82, 2.24) is 14.8 Å². The zero-order valence-electron chi connectivity index (χ0n) is 8.59. The second-order valence-corrected chi connectivity index (χ2v) is 3.45. The molecule has 0 amide bonds. The van der Waals surface area contributed by atoms with Crippen LogP contribution in [-0.2, 0) is 0 Å². The van der Waals surface area contributed by atoms with Crippen molar-refractivity contribution < 1.29 is 13.2 Å². The molecule has 1 atom stereocenters. The quantitative estimate of drug-likeness (QED) is 0.874. The summed E-state index contributed by atoms with van der Waals surface area (Å²) < 4.78 is 38.4. The lowest BCUT2D eigenvalue weighted by Crippen LogP contribution is -2.28. The third kappa shape index (κ3) is 2.44. The summed E-state index contributed by atoms with van der Waals surface area (Å²) in [6.45, 7) is 0. The molecule has 0 fully saturated rings. The Balaban J connectivity index is 2.28. The number of hydrogen-bond acceptors (Lipinski definition) is 3. The van der Waals surface area contributed by atoms with Crippen LogP contribution in [0.5, 0.6) is 0 Å². The van der Waals surface area contributed by atoms with E-state index in [1.807, 2.05) is 0 Å². The lowest BCUT2D eigenvalue weighted by atomic mass is 10.2. The lowest BCUT2D eigenvalue weighted by Gasteiger charge is -2.13. The van der Waals surface area contributed by atoms with Crippen molar-refractivity contribution in [2.75, 3.05) is 0 Å². The largest absolute Gasteiger partial charge is 0.407 e. The second-order valence-electron chi connectivity index (χ2n) is 3.45. The molecule has 2 aromatic heterocycles. The molecule has 90 valence electrons. The highest BCUT2D eigenvalue weighted by Crippen LogP contribution is 2.30. The summed E-state index contributed by atoms with van der Waals surface area (Å²) in [5, 5.41) is 3.82. The van der Waals surface area contributed by atoms with E-state index in [2.05, 4.69) is 10.1 Å². The van der Waals surface area contributed by atoms with Crippen LogP contribution >= 0.6 is 0 Å². The van der Waals surface area contributed by atoms with Crippen molar-refractivity contribution >= 4 is 0 Å². The summed E-state index contributed by atoms with van der Waals surface area (Å²) in [7, 11) is 0. The molecule has 0 bridgehead atoms. The number of pyridine rings is 1. The van der Waals surface area contributed by atoms with Crippen LogP contribution in [0.25, 0.3) is 5.69 Å². The Morgan fingerprint density at radius 3 is 2.65 bits per heavy atom. The van der Waals surface area contributed by atoms with Crippen LogP contribution in [0.3, 0.4) is 0 Å². The van der Waals surface area contributed by atoms with Crippen molar-refractivity contribution in [3.63, 3.8) is 0 Å². The molecule has 0 aromatic carbocycles. The van der Waals surface area contributed by atoms with E-state index < -0.39 is 12.2 Å². The van der Waals surface area contributed by atoms with Gasteiger partial charge < -0.3 is 5.73 Å². The average Bonchev–Trinajstić information content (AvgIpc) is 2.77. The Kier molecular flexibility index (Phi) is 2.84. The highest BCUT2D eigenvalue weighted by atomic mass is 19.4. The predicted molar refractivity (Wildman–Crippen MR) is 54.3 cm³/mol. The zero-order chi connectivity index (χ0) is 12.5. The monoisotopic (exact) mass is 242 g/mol. The molecule has 0 radical (unpaired) electrons. The summed E-state index contributed by atoms with van der Waals surface area (Å²) in [5.41, 5.74) is 5.56. The Hall–Kier alpha value is -1.89. The summed E-state index contributed by atoms with van der Waals surface area (Å²) in [6, 6.07) is 1.33. The number of aromatic nitrogens is 3. The summed E-state index contributed by atoms with van der Waals surface area (Å²) in [5.74, 6) is 0. The van der Waals surface area contributed by atoms with E-state index in [1.54, 1.807) is 18.3 Å². The van der Waals surface area contributed by atoms with E-state index in [0.29, 0.717) is 5.69 Å². The molecule has 2 heterocycles. The van der Waals surface area contributed by atoms with E-state index in [1.165, 1.54) is 17.1 Å². The molecule has 1 unspecified atom stereocenters. The summed E-state index contributed by atoms with van der Waals surface area (Å²) in [6.07, 6.45) is 0.939. The topological polar surface area (TPSA) is 56.7 Å². The maximum atomic E-state index is 12.4. The van der Waals surface area contributed by atoms with Gasteiger partial charge in [0.15, 0.2) is 0 Å². The first-order valence-electron chi connectivity index (χ1n) is 4.76. The molecular formula is C10H9F3N4. The Morgan fingerprint density at radius 1 is 1.29 bits per heavy atom. The first-order valence-corrected chi connectivity index (χ1v) is 4.76. The molecule has 7 heteroatoms. The minimum atomic E-state index is -4.47. The van der Waals surface area contributed by atoms with E-state index in [-0.39, 0.29) is 5.56 Å². The predicted octanol–water partition coefficient (Wildman–Crippen LogP) is 1.83. The molecule has 17 heavy (non-hydrogen) atoms. The van der Waals surface area contributed by atoms with Gasteiger partial charge in [0, 0.05) is 18.0 Å². The smallest absolute Gasteiger partial charge is 0.316 e. The van der Waals surface area contributed by atoms with Crippen molar-refractivity contribution in [2.45, 2.75) is 12.2 Å². The van der Waals surface area contributed by atoms with Gasteiger partial charge in [-0.3, -0.25) is 4.98 Å². The Labute approximate surface area is 94.9 Å². The van der Waals surface area contributed by atoms with Gasteiger partial charge in [-0.15, -0.1) is 0 Å². The van der Waals surface area contributed by atoms with Gasteiger partial charge in [0.1, 0.15) is 6.04 Å². The number of alkyl halides is 3. The van der Waals surface area contributed by atoms with Crippen LogP contribution < -0.4 is 5.73 Å². The van der Waals surface area contributed by atoms with Crippen molar-refractivity contribution in [1.29, 1.82) is 0 Å². The summed E-state index contributed by atoms with van der Waals surface area (Å²) in [4.78, 5) is 3.85. The standard InChI is InChI=1S/C10H9F3N4/c11-10(12,13)9(14)7-4-16-17(6-7)8-2-1-3-15-5-8/h1-6,9H,14H2. The Morgan fingerprint density at radius 2 is 2.06 bits per heavy atom. The van der Waals surface area contributed by atoms with Crippen LogP contribution in [0.1, 0.15) is 11.6 Å². The molecule has 0 spiro atoms. The normalized spacial score (nSPS) is 13.6. The van der Waals surface area contributed by atoms with Crippen molar-refractivity contribution in [2.24, 2.45) is 5.73 Å². The number of halogens is 3. The average molecular weight is 242 g/mol. The first kappa shape index (κ1) is 11.6. The van der Waals surface area contributed by atoms with Gasteiger partial charge in [0.25, 0.3) is 0 Å². The number of nitrogens with two attached hydrogens (primary N) is 1. The fourth-order valence-corrected chi connectivity index (χ4v) is 1.32. The van der Waals surface area contributed by atoms with Gasteiger partial charge in [-0.1, -0.05) is 0 Å². The van der Waals surface area contributed by atoms with Gasteiger partial charge in [0.05, 0.1) is 18.1 Å². The van der Waals surface area contributed by atoms with Crippen LogP contribution in [-0.4, -0.2) is 20.9 Å². The second kappa shape index (κ2) is 4.17. The molecule has 0 aliphatic carbocycles. The van der Waals surface area contributed by atoms with Crippen LogP contribution in [0.4, 0.5) is 13.2 Å². The number of rotatable bonds is 2. The SMILES string of the molecule is NC(c1cnn(-c2cccnc2)c1)C(F)(F)F. The molecule has 2 rings (SSSR count). The number of nitrogens with zero attached hydrogens (tertiary/aromatic N) is 3.